The van der Waals surface area contributed by atoms with Crippen molar-refractivity contribution >= 4 is 41.4 Å². The number of hydrogen-bond acceptors (Lipinski definition) is 7. The molecule has 0 bridgehead atoms. The summed E-state index contributed by atoms with van der Waals surface area (Å²) in [5.41, 5.74) is 11.0. The average Bonchev–Trinajstić information content (AvgIpc) is 2.66. The highest BCUT2D eigenvalue weighted by molar-refractivity contribution is 7.98. The van der Waals surface area contributed by atoms with Crippen molar-refractivity contribution in [2.75, 3.05) is 12.0 Å². The molecule has 0 radical (unpaired) electrons. The van der Waals surface area contributed by atoms with Crippen molar-refractivity contribution in [3.63, 3.8) is 0 Å². The molecule has 0 spiro atoms. The van der Waals surface area contributed by atoms with Crippen LogP contribution in [-0.4, -0.2) is 70.9 Å². The number of carbonyl (C=O) groups is 5. The lowest BCUT2D eigenvalue weighted by atomic mass is 9.99. The van der Waals surface area contributed by atoms with Crippen LogP contribution in [0.2, 0.25) is 0 Å². The number of primary amides is 1. The smallest absolute Gasteiger partial charge is 0.326 e. The van der Waals surface area contributed by atoms with E-state index in [0.717, 1.165) is 0 Å². The standard InChI is InChI=1S/C19H35N5O6S/c1-9(2)14(21)17(27)24-15(10(3)4)18(28)23-12(8-13(20)25)16(26)22-11(19(29)30)6-7-31-5/h9-12,14-15H,6-8,21H2,1-5H3,(H2,20,25)(H,22,26)(H,23,28)(H,24,27)(H,29,30). The molecule has 0 aliphatic rings. The van der Waals surface area contributed by atoms with Gasteiger partial charge >= 0.3 is 5.97 Å². The number of aliphatic carboxylic acids is 1. The molecule has 0 fully saturated rings. The molecule has 0 aromatic heterocycles. The molecule has 12 heteroatoms. The molecule has 11 nitrogen and oxygen atoms in total. The Kier molecular flexibility index (Phi) is 12.8. The number of rotatable bonds is 14. The molecule has 178 valence electrons. The molecule has 0 aromatic rings. The van der Waals surface area contributed by atoms with Gasteiger partial charge in [-0.1, -0.05) is 27.7 Å². The average molecular weight is 462 g/mol. The number of amides is 4. The van der Waals surface area contributed by atoms with Gasteiger partial charge in [0.1, 0.15) is 18.1 Å². The molecule has 4 amide bonds. The minimum absolute atomic E-state index is 0.154. The van der Waals surface area contributed by atoms with Gasteiger partial charge in [-0.25, -0.2) is 4.79 Å². The van der Waals surface area contributed by atoms with Gasteiger partial charge in [-0.15, -0.1) is 0 Å². The van der Waals surface area contributed by atoms with Gasteiger partial charge in [-0.3, -0.25) is 19.2 Å². The number of thioether (sulfide) groups is 1. The molecule has 0 aromatic carbocycles. The quantitative estimate of drug-likeness (QED) is 0.185. The molecule has 31 heavy (non-hydrogen) atoms. The Hall–Kier alpha value is -2.34. The highest BCUT2D eigenvalue weighted by Crippen LogP contribution is 2.07. The van der Waals surface area contributed by atoms with Crippen LogP contribution in [0.5, 0.6) is 0 Å². The zero-order valence-electron chi connectivity index (χ0n) is 18.6. The maximum absolute atomic E-state index is 12.8. The number of nitrogens with one attached hydrogen (secondary N) is 3. The first-order valence-corrected chi connectivity index (χ1v) is 11.4. The van der Waals surface area contributed by atoms with Gasteiger partial charge in [0.05, 0.1) is 12.5 Å². The largest absolute Gasteiger partial charge is 0.480 e. The normalized spacial score (nSPS) is 15.0. The monoisotopic (exact) mass is 461 g/mol. The zero-order valence-corrected chi connectivity index (χ0v) is 19.5. The summed E-state index contributed by atoms with van der Waals surface area (Å²) in [5, 5.41) is 16.6. The minimum atomic E-state index is -1.39. The lowest BCUT2D eigenvalue weighted by molar-refractivity contribution is -0.142. The summed E-state index contributed by atoms with van der Waals surface area (Å²) < 4.78 is 0. The number of carboxylic acids is 1. The summed E-state index contributed by atoms with van der Waals surface area (Å²) in [6.07, 6.45) is 1.43. The van der Waals surface area contributed by atoms with Gasteiger partial charge in [-0.05, 0) is 30.3 Å². The Balaban J connectivity index is 5.42. The molecule has 0 saturated heterocycles. The fourth-order valence-corrected chi connectivity index (χ4v) is 3.00. The van der Waals surface area contributed by atoms with Crippen LogP contribution < -0.4 is 27.4 Å². The summed E-state index contributed by atoms with van der Waals surface area (Å²) >= 11 is 1.41. The third-order valence-corrected chi connectivity index (χ3v) is 5.18. The second-order valence-corrected chi connectivity index (χ2v) is 8.90. The van der Waals surface area contributed by atoms with Crippen LogP contribution in [0.25, 0.3) is 0 Å². The van der Waals surface area contributed by atoms with Crippen LogP contribution in [-0.2, 0) is 24.0 Å². The Morgan fingerprint density at radius 2 is 1.42 bits per heavy atom. The van der Waals surface area contributed by atoms with Crippen molar-refractivity contribution in [2.24, 2.45) is 23.3 Å². The van der Waals surface area contributed by atoms with E-state index in [2.05, 4.69) is 16.0 Å². The Morgan fingerprint density at radius 3 is 1.84 bits per heavy atom. The van der Waals surface area contributed by atoms with Gasteiger partial charge in [0, 0.05) is 0 Å². The van der Waals surface area contributed by atoms with E-state index in [1.165, 1.54) is 11.8 Å². The lowest BCUT2D eigenvalue weighted by Gasteiger charge is -2.27. The highest BCUT2D eigenvalue weighted by Gasteiger charge is 2.32. The first kappa shape index (κ1) is 28.7. The third kappa shape index (κ3) is 10.5. The van der Waals surface area contributed by atoms with E-state index >= 15 is 0 Å². The van der Waals surface area contributed by atoms with Crippen molar-refractivity contribution < 1.29 is 29.1 Å². The molecule has 0 rings (SSSR count). The van der Waals surface area contributed by atoms with Gasteiger partial charge in [0.15, 0.2) is 0 Å². The van der Waals surface area contributed by atoms with Crippen molar-refractivity contribution in [2.45, 2.75) is 64.7 Å². The van der Waals surface area contributed by atoms with E-state index in [-0.39, 0.29) is 18.3 Å². The van der Waals surface area contributed by atoms with Crippen molar-refractivity contribution in [3.8, 4) is 0 Å². The summed E-state index contributed by atoms with van der Waals surface area (Å²) in [6, 6.07) is -4.42. The Bertz CT molecular complexity index is 658. The minimum Gasteiger partial charge on any atom is -0.480 e. The van der Waals surface area contributed by atoms with Gasteiger partial charge in [0.25, 0.3) is 0 Å². The molecule has 0 heterocycles. The lowest BCUT2D eigenvalue weighted by Crippen LogP contribution is -2.59. The number of nitrogens with two attached hydrogens (primary N) is 2. The van der Waals surface area contributed by atoms with Crippen LogP contribution in [0.4, 0.5) is 0 Å². The molecular formula is C19H35N5O6S. The Morgan fingerprint density at radius 1 is 0.871 bits per heavy atom. The van der Waals surface area contributed by atoms with Gasteiger partial charge < -0.3 is 32.5 Å². The fraction of sp³-hybridized carbons (Fsp3) is 0.737. The van der Waals surface area contributed by atoms with Gasteiger partial charge in [-0.2, -0.15) is 11.8 Å². The predicted molar refractivity (Wildman–Crippen MR) is 118 cm³/mol. The van der Waals surface area contributed by atoms with Crippen molar-refractivity contribution in [1.29, 1.82) is 0 Å². The zero-order chi connectivity index (χ0) is 24.3. The maximum atomic E-state index is 12.8. The topological polar surface area (TPSA) is 194 Å². The SMILES string of the molecule is CSCCC(NC(=O)C(CC(N)=O)NC(=O)C(NC(=O)C(N)C(C)C)C(C)C)C(=O)O. The summed E-state index contributed by atoms with van der Waals surface area (Å²) in [5.74, 6) is -4.20. The predicted octanol–water partition coefficient (Wildman–Crippen LogP) is -1.21. The number of hydrogen-bond donors (Lipinski definition) is 6. The van der Waals surface area contributed by atoms with E-state index in [9.17, 15) is 29.1 Å². The van der Waals surface area contributed by atoms with Crippen LogP contribution in [0.1, 0.15) is 40.5 Å². The van der Waals surface area contributed by atoms with E-state index in [0.29, 0.717) is 5.75 Å². The number of carbonyl (C=O) groups excluding carboxylic acids is 4. The molecule has 8 N–H and O–H groups in total. The first-order valence-electron chi connectivity index (χ1n) is 9.98. The summed E-state index contributed by atoms with van der Waals surface area (Å²) in [7, 11) is 0. The van der Waals surface area contributed by atoms with E-state index < -0.39 is 60.2 Å². The molecule has 4 atom stereocenters. The second kappa shape index (κ2) is 13.9. The van der Waals surface area contributed by atoms with E-state index in [1.54, 1.807) is 34.0 Å². The molecule has 0 saturated carbocycles. The van der Waals surface area contributed by atoms with Crippen LogP contribution in [0.3, 0.4) is 0 Å². The molecular weight excluding hydrogens is 426 g/mol. The fourth-order valence-electron chi connectivity index (χ4n) is 2.52. The molecule has 4 unspecified atom stereocenters. The van der Waals surface area contributed by atoms with Crippen molar-refractivity contribution in [3.05, 3.63) is 0 Å². The second-order valence-electron chi connectivity index (χ2n) is 7.91. The van der Waals surface area contributed by atoms with Crippen molar-refractivity contribution in [1.82, 2.24) is 16.0 Å². The van der Waals surface area contributed by atoms with E-state index in [4.69, 9.17) is 11.5 Å². The maximum Gasteiger partial charge on any atom is 0.326 e. The Labute approximate surface area is 186 Å². The van der Waals surface area contributed by atoms with Gasteiger partial charge in [0.2, 0.25) is 23.6 Å². The van der Waals surface area contributed by atoms with E-state index in [1.807, 2.05) is 0 Å². The van der Waals surface area contributed by atoms with Crippen LogP contribution in [0.15, 0.2) is 0 Å². The van der Waals surface area contributed by atoms with Crippen LogP contribution in [0, 0.1) is 11.8 Å². The molecule has 0 aliphatic carbocycles. The highest BCUT2D eigenvalue weighted by atomic mass is 32.2. The number of carboxylic acid groups (broad SMARTS) is 1. The summed E-state index contributed by atoms with van der Waals surface area (Å²) in [4.78, 5) is 60.5. The first-order chi connectivity index (χ1) is 14.3. The summed E-state index contributed by atoms with van der Waals surface area (Å²) in [6.45, 7) is 6.91. The molecule has 0 aliphatic heterocycles. The van der Waals surface area contributed by atoms with Crippen LogP contribution >= 0.6 is 11.8 Å². The third-order valence-electron chi connectivity index (χ3n) is 4.53.